The summed E-state index contributed by atoms with van der Waals surface area (Å²) in [5.74, 6) is -12.0. The van der Waals surface area contributed by atoms with Gasteiger partial charge in [-0.15, -0.1) is 0 Å². The van der Waals surface area contributed by atoms with Gasteiger partial charge in [0.25, 0.3) is 0 Å². The first-order chi connectivity index (χ1) is 11.6. The van der Waals surface area contributed by atoms with Crippen LogP contribution in [0.2, 0.25) is 0 Å². The summed E-state index contributed by atoms with van der Waals surface area (Å²) in [7, 11) is 0. The molecule has 34 heavy (non-hydrogen) atoms. The van der Waals surface area contributed by atoms with E-state index >= 15 is 0 Å². The summed E-state index contributed by atoms with van der Waals surface area (Å²) < 4.78 is 0. The number of hydrogen-bond acceptors (Lipinski definition) is 14. The van der Waals surface area contributed by atoms with Crippen molar-refractivity contribution >= 4 is 35.8 Å². The Morgan fingerprint density at radius 3 is 0.647 bits per heavy atom. The Morgan fingerprint density at radius 2 is 0.588 bits per heavy atom. The number of aliphatic hydroxyl groups is 2. The van der Waals surface area contributed by atoms with Gasteiger partial charge < -0.3 is 80.6 Å². The van der Waals surface area contributed by atoms with Crippen LogP contribution in [0, 0.1) is 0 Å². The molecule has 0 unspecified atom stereocenters. The van der Waals surface area contributed by atoms with Gasteiger partial charge in [0.05, 0.1) is 11.9 Å². The van der Waals surface area contributed by atoms with Crippen LogP contribution in [0.3, 0.4) is 0 Å². The summed E-state index contributed by atoms with van der Waals surface area (Å²) >= 11 is 0. The number of hydrogen-bond donors (Lipinski definition) is 2. The van der Waals surface area contributed by atoms with Crippen molar-refractivity contribution in [3.05, 3.63) is 0 Å². The zero-order valence-corrected chi connectivity index (χ0v) is 35.0. The molecule has 0 aromatic heterocycles. The second kappa shape index (κ2) is 33.8. The summed E-state index contributed by atoms with van der Waals surface area (Å²) in [4.78, 5) is 60.0. The van der Waals surface area contributed by atoms with Gasteiger partial charge in [-0.3, -0.25) is 0 Å². The van der Waals surface area contributed by atoms with Crippen LogP contribution in [-0.2, 0) is 28.8 Å². The molecule has 0 heterocycles. The molecule has 0 spiro atoms. The minimum Gasteiger partial charge on any atom is -0.550 e. The summed E-state index contributed by atoms with van der Waals surface area (Å²) in [6, 6.07) is 0. The van der Waals surface area contributed by atoms with Gasteiger partial charge >= 0.3 is 243 Å². The fourth-order valence-electron chi connectivity index (χ4n) is 1.37. The first-order valence-electron chi connectivity index (χ1n) is 6.23. The maximum atomic E-state index is 10.1. The summed E-state index contributed by atoms with van der Waals surface area (Å²) in [5.41, 5.74) is -5.95. The van der Waals surface area contributed by atoms with Gasteiger partial charge in [-0.1, -0.05) is 0 Å². The third-order valence-corrected chi connectivity index (χ3v) is 2.51. The quantitative estimate of drug-likeness (QED) is 0.220. The van der Waals surface area contributed by atoms with Gasteiger partial charge in [0.2, 0.25) is 0 Å². The van der Waals surface area contributed by atoms with E-state index in [1.54, 1.807) is 0 Å². The molecular formula is C12H14K3Na3O16. The van der Waals surface area contributed by atoms with Crippen molar-refractivity contribution in [1.82, 2.24) is 0 Å². The molecule has 0 amide bonds. The van der Waals surface area contributed by atoms with Gasteiger partial charge in [0.15, 0.2) is 0 Å². The standard InChI is InChI=1S/2C6H8O7.3K.3Na.2H2O/c2*7-3(8)1-6(13,5(11)12)2-4(9)10;;;;;;;;/h2*13H,1-2H2,(H,7,8)(H,9,10)(H,11,12);;;;;;;2*1H2/q;;6*+1;;/p-6. The Hall–Kier alpha value is 4.57. The third-order valence-electron chi connectivity index (χ3n) is 2.51. The molecule has 0 rings (SSSR count). The van der Waals surface area contributed by atoms with E-state index in [0.29, 0.717) is 0 Å². The summed E-state index contributed by atoms with van der Waals surface area (Å²) in [5, 5.41) is 77.9. The number of carboxylic acid groups (broad SMARTS) is 6. The van der Waals surface area contributed by atoms with Crippen molar-refractivity contribution in [2.75, 3.05) is 0 Å². The normalized spacial score (nSPS) is 8.29. The zero-order chi connectivity index (χ0) is 21.3. The van der Waals surface area contributed by atoms with E-state index in [-0.39, 0.29) is 254 Å². The minimum atomic E-state index is -2.97. The second-order valence-electron chi connectivity index (χ2n) is 4.83. The molecule has 22 heteroatoms. The Kier molecular flexibility index (Phi) is 66.3. The molecule has 0 atom stereocenters. The van der Waals surface area contributed by atoms with E-state index in [0.717, 1.165) is 0 Å². The Bertz CT molecular complexity index is 537. The van der Waals surface area contributed by atoms with Gasteiger partial charge in [0.1, 0.15) is 11.2 Å². The van der Waals surface area contributed by atoms with Crippen LogP contribution >= 0.6 is 0 Å². The van der Waals surface area contributed by atoms with Crippen molar-refractivity contribution in [1.29, 1.82) is 0 Å². The monoisotopic (exact) mass is 600 g/mol. The first kappa shape index (κ1) is 66.7. The fourth-order valence-corrected chi connectivity index (χ4v) is 1.37. The molecule has 0 aliphatic rings. The van der Waals surface area contributed by atoms with Crippen molar-refractivity contribution < 1.29 is 323 Å². The van der Waals surface area contributed by atoms with E-state index < -0.39 is 72.7 Å². The molecule has 0 aromatic carbocycles. The molecule has 0 saturated carbocycles. The first-order valence-corrected chi connectivity index (χ1v) is 6.23. The van der Waals surface area contributed by atoms with Crippen LogP contribution in [0.25, 0.3) is 0 Å². The van der Waals surface area contributed by atoms with E-state index in [2.05, 4.69) is 0 Å². The largest absolute Gasteiger partial charge is 1.00 e. The Labute approximate surface area is 386 Å². The summed E-state index contributed by atoms with van der Waals surface area (Å²) in [6.07, 6.45) is -5.43. The molecule has 0 saturated heterocycles. The SMILES string of the molecule is O.O.O=C([O-])CC(O)(CC(=O)[O-])C(=O)[O-].O=C([O-])CC(O)(CC(=O)[O-])C(=O)[O-].[K+].[K+].[K+].[Na+].[Na+].[Na+]. The molecule has 0 radical (unpaired) electrons. The molecule has 164 valence electrons. The summed E-state index contributed by atoms with van der Waals surface area (Å²) in [6.45, 7) is 0. The van der Waals surface area contributed by atoms with Gasteiger partial charge in [-0.2, -0.15) is 0 Å². The average Bonchev–Trinajstić information content (AvgIpc) is 2.34. The van der Waals surface area contributed by atoms with Crippen molar-refractivity contribution in [3.63, 3.8) is 0 Å². The molecule has 0 fully saturated rings. The fraction of sp³-hybridized carbons (Fsp3) is 0.500. The maximum Gasteiger partial charge on any atom is 1.00 e. The minimum absolute atomic E-state index is 0. The van der Waals surface area contributed by atoms with E-state index in [4.69, 9.17) is 10.2 Å². The molecule has 16 nitrogen and oxygen atoms in total. The van der Waals surface area contributed by atoms with Gasteiger partial charge in [-0.05, 0) is 0 Å². The van der Waals surface area contributed by atoms with Crippen molar-refractivity contribution in [2.24, 2.45) is 0 Å². The zero-order valence-electron chi connectivity index (χ0n) is 19.6. The molecule has 0 aromatic rings. The van der Waals surface area contributed by atoms with E-state index in [9.17, 15) is 59.4 Å². The molecule has 0 aliphatic carbocycles. The van der Waals surface area contributed by atoms with E-state index in [1.807, 2.05) is 0 Å². The van der Waals surface area contributed by atoms with Crippen LogP contribution in [0.15, 0.2) is 0 Å². The molecule has 0 bridgehead atoms. The smallest absolute Gasteiger partial charge is 0.550 e. The second-order valence-corrected chi connectivity index (χ2v) is 4.83. The number of aliphatic carboxylic acids is 6. The van der Waals surface area contributed by atoms with Gasteiger partial charge in [-0.25, -0.2) is 0 Å². The van der Waals surface area contributed by atoms with Crippen LogP contribution in [0.1, 0.15) is 25.7 Å². The molecular weight excluding hydrogens is 586 g/mol. The number of carboxylic acids is 6. The van der Waals surface area contributed by atoms with E-state index in [1.165, 1.54) is 0 Å². The van der Waals surface area contributed by atoms with Crippen LogP contribution < -0.4 is 273 Å². The van der Waals surface area contributed by atoms with Crippen LogP contribution in [0.4, 0.5) is 0 Å². The van der Waals surface area contributed by atoms with Crippen molar-refractivity contribution in [2.45, 2.75) is 36.9 Å². The molecule has 0 aliphatic heterocycles. The molecule has 6 N–H and O–H groups in total. The topological polar surface area (TPSA) is 344 Å². The van der Waals surface area contributed by atoms with Crippen LogP contribution in [0.5, 0.6) is 0 Å². The predicted molar refractivity (Wildman–Crippen MR) is 65.6 cm³/mol. The van der Waals surface area contributed by atoms with Crippen LogP contribution in [-0.4, -0.2) is 68.2 Å². The average molecular weight is 600 g/mol. The number of carbonyl (C=O) groups is 6. The Balaban J connectivity index is -0.0000000343. The van der Waals surface area contributed by atoms with Crippen molar-refractivity contribution in [3.8, 4) is 0 Å². The maximum absolute atomic E-state index is 10.1. The predicted octanol–water partition coefficient (Wildman–Crippen LogP) is -30.1. The third kappa shape index (κ3) is 34.6. The Morgan fingerprint density at radius 1 is 0.471 bits per heavy atom. The number of rotatable bonds is 10. The number of carbonyl (C=O) groups excluding carboxylic acids is 6. The van der Waals surface area contributed by atoms with Gasteiger partial charge in [0, 0.05) is 49.6 Å².